The summed E-state index contributed by atoms with van der Waals surface area (Å²) in [5, 5.41) is 0. The molecule has 1 aromatic rings. The summed E-state index contributed by atoms with van der Waals surface area (Å²) in [7, 11) is 0. The lowest BCUT2D eigenvalue weighted by Gasteiger charge is -2.37. The molecule has 100 valence electrons. The number of benzene rings is 1. The van der Waals surface area contributed by atoms with Crippen molar-refractivity contribution < 1.29 is 0 Å². The molecule has 1 aromatic carbocycles. The van der Waals surface area contributed by atoms with Gasteiger partial charge >= 0.3 is 0 Å². The first-order valence-electron chi connectivity index (χ1n) is 6.88. The molecule has 0 aliphatic carbocycles. The van der Waals surface area contributed by atoms with Crippen molar-refractivity contribution in [3.05, 3.63) is 28.2 Å². The van der Waals surface area contributed by atoms with Crippen molar-refractivity contribution in [3.8, 4) is 0 Å². The third-order valence-electron chi connectivity index (χ3n) is 3.70. The number of hydrogen-bond donors (Lipinski definition) is 1. The Kier molecular flexibility index (Phi) is 4.68. The average Bonchev–Trinajstić information content (AvgIpc) is 2.30. The summed E-state index contributed by atoms with van der Waals surface area (Å²) in [5.41, 5.74) is 8.72. The molecule has 3 heteroatoms. The lowest BCUT2D eigenvalue weighted by atomic mass is 9.99. The Bertz CT molecular complexity index is 403. The Labute approximate surface area is 119 Å². The molecule has 2 nitrogen and oxygen atoms in total. The minimum absolute atomic E-state index is 0.207. The topological polar surface area (TPSA) is 29.3 Å². The normalized spacial score (nSPS) is 22.0. The molecule has 1 saturated heterocycles. The molecule has 1 aliphatic heterocycles. The number of anilines is 1. The standard InChI is InChI=1S/C15H23BrN2/c1-11(17)9-13-10-14(16)6-7-15(13)18-8-4-3-5-12(18)2/h6-7,10-12H,3-5,8-9,17H2,1-2H3. The van der Waals surface area contributed by atoms with E-state index in [1.165, 1.54) is 37.1 Å². The van der Waals surface area contributed by atoms with Crippen LogP contribution in [0.2, 0.25) is 0 Å². The van der Waals surface area contributed by atoms with Crippen LogP contribution >= 0.6 is 15.9 Å². The van der Waals surface area contributed by atoms with E-state index < -0.39 is 0 Å². The van der Waals surface area contributed by atoms with Crippen LogP contribution in [0.4, 0.5) is 5.69 Å². The fourth-order valence-electron chi connectivity index (χ4n) is 2.80. The molecule has 2 unspecified atom stereocenters. The summed E-state index contributed by atoms with van der Waals surface area (Å²) in [6, 6.07) is 7.45. The van der Waals surface area contributed by atoms with Crippen molar-refractivity contribution in [1.29, 1.82) is 0 Å². The highest BCUT2D eigenvalue weighted by atomic mass is 79.9. The number of nitrogens with zero attached hydrogens (tertiary/aromatic N) is 1. The second kappa shape index (κ2) is 6.07. The second-order valence-electron chi connectivity index (χ2n) is 5.49. The highest BCUT2D eigenvalue weighted by Crippen LogP contribution is 2.30. The monoisotopic (exact) mass is 310 g/mol. The van der Waals surface area contributed by atoms with Crippen LogP contribution < -0.4 is 10.6 Å². The van der Waals surface area contributed by atoms with Crippen molar-refractivity contribution in [2.24, 2.45) is 5.73 Å². The van der Waals surface area contributed by atoms with E-state index >= 15 is 0 Å². The zero-order chi connectivity index (χ0) is 13.1. The van der Waals surface area contributed by atoms with E-state index in [1.807, 2.05) is 0 Å². The molecular weight excluding hydrogens is 288 g/mol. The minimum Gasteiger partial charge on any atom is -0.369 e. The molecule has 0 spiro atoms. The van der Waals surface area contributed by atoms with Crippen LogP contribution in [0.25, 0.3) is 0 Å². The van der Waals surface area contributed by atoms with Gasteiger partial charge in [0, 0.05) is 28.8 Å². The van der Waals surface area contributed by atoms with E-state index in [0.29, 0.717) is 6.04 Å². The lowest BCUT2D eigenvalue weighted by Crippen LogP contribution is -2.38. The molecule has 2 rings (SSSR count). The van der Waals surface area contributed by atoms with Gasteiger partial charge in [-0.05, 0) is 63.3 Å². The SMILES string of the molecule is CC(N)Cc1cc(Br)ccc1N1CCCCC1C. The van der Waals surface area contributed by atoms with Gasteiger partial charge in [-0.15, -0.1) is 0 Å². The second-order valence-corrected chi connectivity index (χ2v) is 6.41. The molecule has 0 saturated carbocycles. The number of hydrogen-bond acceptors (Lipinski definition) is 2. The van der Waals surface area contributed by atoms with Crippen LogP contribution in [0.15, 0.2) is 22.7 Å². The number of piperidine rings is 1. The molecule has 18 heavy (non-hydrogen) atoms. The van der Waals surface area contributed by atoms with Gasteiger partial charge in [-0.2, -0.15) is 0 Å². The summed E-state index contributed by atoms with van der Waals surface area (Å²) in [4.78, 5) is 2.55. The quantitative estimate of drug-likeness (QED) is 0.922. The zero-order valence-electron chi connectivity index (χ0n) is 11.3. The van der Waals surface area contributed by atoms with Gasteiger partial charge in [0.25, 0.3) is 0 Å². The average molecular weight is 311 g/mol. The summed E-state index contributed by atoms with van der Waals surface area (Å²) >= 11 is 3.57. The molecule has 1 fully saturated rings. The molecule has 2 N–H and O–H groups in total. The molecule has 2 atom stereocenters. The largest absolute Gasteiger partial charge is 0.369 e. The third kappa shape index (κ3) is 3.27. The van der Waals surface area contributed by atoms with Crippen LogP contribution in [-0.2, 0) is 6.42 Å². The Balaban J connectivity index is 2.30. The first-order valence-corrected chi connectivity index (χ1v) is 7.68. The van der Waals surface area contributed by atoms with Crippen molar-refractivity contribution in [1.82, 2.24) is 0 Å². The van der Waals surface area contributed by atoms with Crippen LogP contribution in [0.3, 0.4) is 0 Å². The minimum atomic E-state index is 0.207. The summed E-state index contributed by atoms with van der Waals surface area (Å²) in [6.07, 6.45) is 4.90. The highest BCUT2D eigenvalue weighted by molar-refractivity contribution is 9.10. The van der Waals surface area contributed by atoms with E-state index in [1.54, 1.807) is 0 Å². The van der Waals surface area contributed by atoms with Gasteiger partial charge in [-0.1, -0.05) is 15.9 Å². The van der Waals surface area contributed by atoms with E-state index in [0.717, 1.165) is 10.9 Å². The maximum atomic E-state index is 5.97. The van der Waals surface area contributed by atoms with Gasteiger partial charge in [0.15, 0.2) is 0 Å². The first-order chi connectivity index (χ1) is 8.58. The molecule has 0 amide bonds. The Hall–Kier alpha value is -0.540. The van der Waals surface area contributed by atoms with Gasteiger partial charge in [-0.3, -0.25) is 0 Å². The maximum absolute atomic E-state index is 5.97. The predicted octanol–water partition coefficient (Wildman–Crippen LogP) is 3.72. The van der Waals surface area contributed by atoms with Gasteiger partial charge in [-0.25, -0.2) is 0 Å². The number of nitrogens with two attached hydrogens (primary N) is 1. The van der Waals surface area contributed by atoms with E-state index in [9.17, 15) is 0 Å². The highest BCUT2D eigenvalue weighted by Gasteiger charge is 2.21. The Morgan fingerprint density at radius 3 is 2.89 bits per heavy atom. The number of rotatable bonds is 3. The lowest BCUT2D eigenvalue weighted by molar-refractivity contribution is 0.483. The number of halogens is 1. The van der Waals surface area contributed by atoms with Crippen molar-refractivity contribution in [2.75, 3.05) is 11.4 Å². The van der Waals surface area contributed by atoms with Crippen LogP contribution in [0.1, 0.15) is 38.7 Å². The molecule has 0 bridgehead atoms. The molecular formula is C15H23BrN2. The fourth-order valence-corrected chi connectivity index (χ4v) is 3.21. The first kappa shape index (κ1) is 13.9. The smallest absolute Gasteiger partial charge is 0.0402 e. The Morgan fingerprint density at radius 2 is 2.22 bits per heavy atom. The van der Waals surface area contributed by atoms with Crippen molar-refractivity contribution in [2.45, 2.75) is 51.6 Å². The van der Waals surface area contributed by atoms with Crippen LogP contribution in [0, 0.1) is 0 Å². The van der Waals surface area contributed by atoms with Gasteiger partial charge in [0.2, 0.25) is 0 Å². The maximum Gasteiger partial charge on any atom is 0.0402 e. The van der Waals surface area contributed by atoms with E-state index in [-0.39, 0.29) is 6.04 Å². The Morgan fingerprint density at radius 1 is 1.44 bits per heavy atom. The molecule has 0 radical (unpaired) electrons. The van der Waals surface area contributed by atoms with Gasteiger partial charge in [0.05, 0.1) is 0 Å². The summed E-state index contributed by atoms with van der Waals surface area (Å²) < 4.78 is 1.14. The van der Waals surface area contributed by atoms with Gasteiger partial charge in [0.1, 0.15) is 0 Å². The zero-order valence-corrected chi connectivity index (χ0v) is 12.9. The predicted molar refractivity (Wildman–Crippen MR) is 82.2 cm³/mol. The van der Waals surface area contributed by atoms with Crippen molar-refractivity contribution in [3.63, 3.8) is 0 Å². The summed E-state index contributed by atoms with van der Waals surface area (Å²) in [5.74, 6) is 0. The van der Waals surface area contributed by atoms with E-state index in [2.05, 4.69) is 52.9 Å². The van der Waals surface area contributed by atoms with Gasteiger partial charge < -0.3 is 10.6 Å². The fraction of sp³-hybridized carbons (Fsp3) is 0.600. The van der Waals surface area contributed by atoms with E-state index in [4.69, 9.17) is 5.73 Å². The summed E-state index contributed by atoms with van der Waals surface area (Å²) in [6.45, 7) is 5.58. The van der Waals surface area contributed by atoms with Crippen molar-refractivity contribution >= 4 is 21.6 Å². The van der Waals surface area contributed by atoms with Crippen LogP contribution in [-0.4, -0.2) is 18.6 Å². The third-order valence-corrected chi connectivity index (χ3v) is 4.19. The van der Waals surface area contributed by atoms with Crippen LogP contribution in [0.5, 0.6) is 0 Å². The molecule has 1 aliphatic rings. The molecule has 0 aromatic heterocycles. The molecule has 1 heterocycles.